The second-order valence-corrected chi connectivity index (χ2v) is 3.58. The summed E-state index contributed by atoms with van der Waals surface area (Å²) in [5, 5.41) is 0.678. The van der Waals surface area contributed by atoms with E-state index in [0.29, 0.717) is 11.0 Å². The Labute approximate surface area is 80.5 Å². The van der Waals surface area contributed by atoms with Crippen LogP contribution < -0.4 is 5.48 Å². The first-order valence-corrected chi connectivity index (χ1v) is 4.82. The van der Waals surface area contributed by atoms with Gasteiger partial charge in [0.05, 0.1) is 0 Å². The molecule has 1 aliphatic rings. The number of rotatable bonds is 4. The Hall–Kier alpha value is -1.12. The number of nitrogens with one attached hydrogen (secondary N) is 1. The van der Waals surface area contributed by atoms with Crippen LogP contribution in [0.1, 0.15) is 24.6 Å². The summed E-state index contributed by atoms with van der Waals surface area (Å²) in [6.45, 7) is 0.234. The lowest BCUT2D eigenvalue weighted by Crippen LogP contribution is -2.00. The van der Waals surface area contributed by atoms with Crippen molar-refractivity contribution in [3.63, 3.8) is 0 Å². The standard InChI is InChI=1S/C8H9N3OS/c1-2-5-12-10-8-9-7(11-13-8)6-3-4-6/h1,6H,3-5H2,(H,9,10,11). The second-order valence-electron chi connectivity index (χ2n) is 2.83. The van der Waals surface area contributed by atoms with Crippen LogP contribution in [0.3, 0.4) is 0 Å². The number of aromatic nitrogens is 2. The van der Waals surface area contributed by atoms with E-state index >= 15 is 0 Å². The third-order valence-corrected chi connectivity index (χ3v) is 2.33. The van der Waals surface area contributed by atoms with Crippen LogP contribution in [-0.2, 0) is 4.84 Å². The lowest BCUT2D eigenvalue weighted by atomic mass is 10.4. The highest BCUT2D eigenvalue weighted by Gasteiger charge is 2.27. The van der Waals surface area contributed by atoms with Crippen molar-refractivity contribution in [3.8, 4) is 12.3 Å². The fraction of sp³-hybridized carbons (Fsp3) is 0.500. The molecular weight excluding hydrogens is 186 g/mol. The molecule has 0 aromatic carbocycles. The first-order chi connectivity index (χ1) is 6.40. The summed E-state index contributed by atoms with van der Waals surface area (Å²) >= 11 is 1.30. The van der Waals surface area contributed by atoms with Crippen LogP contribution in [0.5, 0.6) is 0 Å². The van der Waals surface area contributed by atoms with Crippen LogP contribution in [0.2, 0.25) is 0 Å². The van der Waals surface area contributed by atoms with Gasteiger partial charge in [0.15, 0.2) is 0 Å². The lowest BCUT2D eigenvalue weighted by molar-refractivity contribution is 0.234. The minimum Gasteiger partial charge on any atom is -0.261 e. The minimum atomic E-state index is 0.234. The molecule has 1 fully saturated rings. The first-order valence-electron chi connectivity index (χ1n) is 4.05. The van der Waals surface area contributed by atoms with Crippen LogP contribution in [0, 0.1) is 12.3 Å². The lowest BCUT2D eigenvalue weighted by Gasteiger charge is -1.96. The van der Waals surface area contributed by atoms with Gasteiger partial charge >= 0.3 is 0 Å². The maximum atomic E-state index is 5.01. The molecule has 0 unspecified atom stereocenters. The first kappa shape index (κ1) is 8.48. The Morgan fingerprint density at radius 2 is 2.54 bits per heavy atom. The third-order valence-electron chi connectivity index (χ3n) is 1.70. The van der Waals surface area contributed by atoms with E-state index < -0.39 is 0 Å². The summed E-state index contributed by atoms with van der Waals surface area (Å²) in [6.07, 6.45) is 7.43. The van der Waals surface area contributed by atoms with E-state index in [2.05, 4.69) is 20.8 Å². The molecule has 0 atom stereocenters. The summed E-state index contributed by atoms with van der Waals surface area (Å²) in [7, 11) is 0. The molecule has 68 valence electrons. The Balaban J connectivity index is 1.86. The van der Waals surface area contributed by atoms with Crippen LogP contribution in [-0.4, -0.2) is 16.0 Å². The van der Waals surface area contributed by atoms with Gasteiger partial charge in [-0.15, -0.1) is 6.42 Å². The van der Waals surface area contributed by atoms with E-state index in [9.17, 15) is 0 Å². The van der Waals surface area contributed by atoms with Gasteiger partial charge in [0.2, 0.25) is 5.13 Å². The van der Waals surface area contributed by atoms with Crippen LogP contribution >= 0.6 is 11.5 Å². The summed E-state index contributed by atoms with van der Waals surface area (Å²) in [4.78, 5) is 9.15. The minimum absolute atomic E-state index is 0.234. The monoisotopic (exact) mass is 195 g/mol. The normalized spacial score (nSPS) is 15.3. The molecule has 2 rings (SSSR count). The molecule has 1 aliphatic carbocycles. The van der Waals surface area contributed by atoms with E-state index in [4.69, 9.17) is 11.3 Å². The van der Waals surface area contributed by atoms with E-state index in [1.165, 1.54) is 24.4 Å². The highest BCUT2D eigenvalue weighted by molar-refractivity contribution is 7.09. The van der Waals surface area contributed by atoms with Gasteiger partial charge in [0.1, 0.15) is 12.4 Å². The van der Waals surface area contributed by atoms with E-state index in [-0.39, 0.29) is 6.61 Å². The molecule has 1 N–H and O–H groups in total. The quantitative estimate of drug-likeness (QED) is 0.448. The fourth-order valence-corrected chi connectivity index (χ4v) is 1.52. The van der Waals surface area contributed by atoms with Crippen molar-refractivity contribution in [2.75, 3.05) is 12.1 Å². The van der Waals surface area contributed by atoms with E-state index in [1.54, 1.807) is 0 Å². The van der Waals surface area contributed by atoms with Crippen molar-refractivity contribution in [3.05, 3.63) is 5.82 Å². The van der Waals surface area contributed by atoms with Gasteiger partial charge in [-0.3, -0.25) is 4.84 Å². The number of hydrogen-bond donors (Lipinski definition) is 1. The smallest absolute Gasteiger partial charge is 0.226 e. The molecule has 1 aromatic heterocycles. The molecule has 0 aliphatic heterocycles. The van der Waals surface area contributed by atoms with Crippen molar-refractivity contribution >= 4 is 16.7 Å². The molecule has 1 aromatic rings. The molecule has 0 saturated heterocycles. The number of terminal acetylenes is 1. The number of hydrogen-bond acceptors (Lipinski definition) is 5. The van der Waals surface area contributed by atoms with Gasteiger partial charge in [-0.05, 0) is 12.8 Å². The van der Waals surface area contributed by atoms with Gasteiger partial charge in [-0.1, -0.05) is 5.92 Å². The van der Waals surface area contributed by atoms with Gasteiger partial charge < -0.3 is 0 Å². The molecule has 1 saturated carbocycles. The van der Waals surface area contributed by atoms with Gasteiger partial charge in [-0.2, -0.15) is 4.37 Å². The summed E-state index contributed by atoms with van der Waals surface area (Å²) in [6, 6.07) is 0. The molecule has 4 nitrogen and oxygen atoms in total. The molecular formula is C8H9N3OS. The van der Waals surface area contributed by atoms with Crippen molar-refractivity contribution < 1.29 is 4.84 Å². The van der Waals surface area contributed by atoms with Crippen LogP contribution in [0.15, 0.2) is 0 Å². The largest absolute Gasteiger partial charge is 0.261 e. The van der Waals surface area contributed by atoms with Crippen molar-refractivity contribution in [2.24, 2.45) is 0 Å². The summed E-state index contributed by atoms with van der Waals surface area (Å²) in [5.74, 6) is 3.86. The second kappa shape index (κ2) is 3.73. The van der Waals surface area contributed by atoms with Gasteiger partial charge in [0, 0.05) is 17.5 Å². The Bertz CT molecular complexity index is 326. The predicted molar refractivity (Wildman–Crippen MR) is 50.3 cm³/mol. The zero-order valence-electron chi connectivity index (χ0n) is 6.99. The van der Waals surface area contributed by atoms with Gasteiger partial charge in [-0.25, -0.2) is 10.5 Å². The Morgan fingerprint density at radius 1 is 1.69 bits per heavy atom. The number of anilines is 1. The zero-order valence-corrected chi connectivity index (χ0v) is 7.80. The van der Waals surface area contributed by atoms with Crippen LogP contribution in [0.4, 0.5) is 5.13 Å². The fourth-order valence-electron chi connectivity index (χ4n) is 0.923. The molecule has 0 radical (unpaired) electrons. The van der Waals surface area contributed by atoms with Crippen molar-refractivity contribution in [1.82, 2.24) is 9.36 Å². The van der Waals surface area contributed by atoms with Crippen molar-refractivity contribution in [2.45, 2.75) is 18.8 Å². The maximum Gasteiger partial charge on any atom is 0.226 e. The maximum absolute atomic E-state index is 5.01. The third kappa shape index (κ3) is 2.17. The van der Waals surface area contributed by atoms with E-state index in [0.717, 1.165) is 5.82 Å². The SMILES string of the molecule is C#CCONc1nc(C2CC2)ns1. The van der Waals surface area contributed by atoms with Crippen molar-refractivity contribution in [1.29, 1.82) is 0 Å². The number of nitrogens with zero attached hydrogens (tertiary/aromatic N) is 2. The zero-order chi connectivity index (χ0) is 9.10. The topological polar surface area (TPSA) is 47.0 Å². The molecule has 1 heterocycles. The average Bonchev–Trinajstić information content (AvgIpc) is 2.88. The predicted octanol–water partition coefficient (Wildman–Crippen LogP) is 1.39. The molecule has 5 heteroatoms. The van der Waals surface area contributed by atoms with Crippen LogP contribution in [0.25, 0.3) is 0 Å². The highest BCUT2D eigenvalue weighted by atomic mass is 32.1. The Morgan fingerprint density at radius 3 is 3.23 bits per heavy atom. The average molecular weight is 195 g/mol. The molecule has 0 bridgehead atoms. The summed E-state index contributed by atoms with van der Waals surface area (Å²) in [5.41, 5.74) is 2.65. The van der Waals surface area contributed by atoms with Gasteiger partial charge in [0.25, 0.3) is 0 Å². The highest BCUT2D eigenvalue weighted by Crippen LogP contribution is 2.39. The Kier molecular flexibility index (Phi) is 2.43. The summed E-state index contributed by atoms with van der Waals surface area (Å²) < 4.78 is 4.19. The van der Waals surface area contributed by atoms with E-state index in [1.807, 2.05) is 0 Å². The molecule has 0 spiro atoms. The molecule has 13 heavy (non-hydrogen) atoms. The molecule has 0 amide bonds.